The summed E-state index contributed by atoms with van der Waals surface area (Å²) in [6.07, 6.45) is -4.26. The molecular weight excluding hydrogens is 275 g/mol. The third kappa shape index (κ3) is 5.29. The molecule has 1 amide bonds. The molecule has 4 nitrogen and oxygen atoms in total. The average Bonchev–Trinajstić information content (AvgIpc) is 2.35. The van der Waals surface area contributed by atoms with Gasteiger partial charge in [-0.2, -0.15) is 13.2 Å². The minimum atomic E-state index is -4.41. The molecule has 110 valence electrons. The van der Waals surface area contributed by atoms with E-state index in [-0.39, 0.29) is 12.1 Å². The zero-order chi connectivity index (χ0) is 15.2. The molecule has 1 aromatic rings. The lowest BCUT2D eigenvalue weighted by atomic mass is 10.2. The maximum absolute atomic E-state index is 12.3. The molecule has 0 heterocycles. The molecule has 20 heavy (non-hydrogen) atoms. The van der Waals surface area contributed by atoms with Gasteiger partial charge in [-0.3, -0.25) is 5.32 Å². The fraction of sp³-hybridized carbons (Fsp3) is 0.385. The van der Waals surface area contributed by atoms with E-state index in [0.717, 1.165) is 24.3 Å². The molecule has 0 saturated heterocycles. The van der Waals surface area contributed by atoms with Crippen LogP contribution in [0.3, 0.4) is 0 Å². The molecule has 1 atom stereocenters. The molecule has 7 heteroatoms. The van der Waals surface area contributed by atoms with E-state index in [0.29, 0.717) is 12.7 Å². The first kappa shape index (κ1) is 16.0. The lowest BCUT2D eigenvalue weighted by Gasteiger charge is -2.13. The maximum Gasteiger partial charge on any atom is 0.416 e. The van der Waals surface area contributed by atoms with E-state index in [9.17, 15) is 22.8 Å². The topological polar surface area (TPSA) is 55.4 Å². The highest BCUT2D eigenvalue weighted by molar-refractivity contribution is 5.84. The molecule has 0 aliphatic rings. The summed E-state index contributed by atoms with van der Waals surface area (Å²) in [4.78, 5) is 21.6. The van der Waals surface area contributed by atoms with Crippen molar-refractivity contribution in [1.82, 2.24) is 0 Å². The molecule has 0 saturated carbocycles. The monoisotopic (exact) mass is 289 g/mol. The van der Waals surface area contributed by atoms with Crippen LogP contribution in [0.4, 0.5) is 23.7 Å². The summed E-state index contributed by atoms with van der Waals surface area (Å²) < 4.78 is 41.9. The summed E-state index contributed by atoms with van der Waals surface area (Å²) in [6.45, 7) is 1.62. The van der Waals surface area contributed by atoms with Gasteiger partial charge in [0.2, 0.25) is 0 Å². The predicted molar refractivity (Wildman–Crippen MR) is 66.3 cm³/mol. The van der Waals surface area contributed by atoms with Gasteiger partial charge in [0.1, 0.15) is 12.4 Å². The number of carbonyl (C=O) groups is 2. The first-order valence-electron chi connectivity index (χ1n) is 5.91. The van der Waals surface area contributed by atoms with E-state index in [1.165, 1.54) is 0 Å². The molecule has 0 aromatic heterocycles. The van der Waals surface area contributed by atoms with Crippen molar-refractivity contribution < 1.29 is 27.5 Å². The van der Waals surface area contributed by atoms with Crippen LogP contribution in [-0.2, 0) is 15.7 Å². The van der Waals surface area contributed by atoms with Crippen molar-refractivity contribution in [2.24, 2.45) is 0 Å². The Morgan fingerprint density at radius 3 is 2.45 bits per heavy atom. The summed E-state index contributed by atoms with van der Waals surface area (Å²) in [5.41, 5.74) is -0.596. The Morgan fingerprint density at radius 2 is 1.95 bits per heavy atom. The number of anilines is 1. The number of ether oxygens (including phenoxy) is 1. The maximum atomic E-state index is 12.3. The van der Waals surface area contributed by atoms with Gasteiger partial charge in [0, 0.05) is 12.1 Å². The van der Waals surface area contributed by atoms with Gasteiger partial charge in [0.05, 0.1) is 5.56 Å². The van der Waals surface area contributed by atoms with Crippen LogP contribution >= 0.6 is 0 Å². The van der Waals surface area contributed by atoms with E-state index in [4.69, 9.17) is 4.74 Å². The number of hydrogen-bond donors (Lipinski definition) is 1. The zero-order valence-electron chi connectivity index (χ0n) is 10.7. The number of nitrogens with one attached hydrogen (secondary N) is 1. The molecule has 1 rings (SSSR count). The van der Waals surface area contributed by atoms with Crippen LogP contribution in [0.15, 0.2) is 24.3 Å². The van der Waals surface area contributed by atoms with Crippen molar-refractivity contribution >= 4 is 18.1 Å². The van der Waals surface area contributed by atoms with Crippen LogP contribution in [0.5, 0.6) is 0 Å². The number of alkyl halides is 3. The Hall–Kier alpha value is -2.05. The predicted octanol–water partition coefficient (Wildman–Crippen LogP) is 3.62. The Labute approximate surface area is 113 Å². The lowest BCUT2D eigenvalue weighted by molar-refractivity contribution is -0.137. The van der Waals surface area contributed by atoms with Crippen LogP contribution in [0.1, 0.15) is 25.3 Å². The van der Waals surface area contributed by atoms with Crippen LogP contribution in [0.2, 0.25) is 0 Å². The molecule has 1 N–H and O–H groups in total. The minimum absolute atomic E-state index is 0.200. The highest BCUT2D eigenvalue weighted by Crippen LogP contribution is 2.29. The smallest absolute Gasteiger partial charge is 0.416 e. The Morgan fingerprint density at radius 1 is 1.35 bits per heavy atom. The summed E-state index contributed by atoms with van der Waals surface area (Å²) in [6, 6.07) is 4.01. The van der Waals surface area contributed by atoms with Crippen LogP contribution in [0.25, 0.3) is 0 Å². The summed E-state index contributed by atoms with van der Waals surface area (Å²) in [5, 5.41) is 2.31. The van der Waals surface area contributed by atoms with Gasteiger partial charge in [-0.05, 0) is 37.6 Å². The summed E-state index contributed by atoms with van der Waals surface area (Å²) in [5.74, 6) is 0. The summed E-state index contributed by atoms with van der Waals surface area (Å²) >= 11 is 0. The standard InChI is InChI=1S/C13H14F3NO3/c1-9(3-2-8-18)20-12(19)17-11-6-4-10(5-7-11)13(14,15)16/h4-9H,2-3H2,1H3,(H,17,19). The van der Waals surface area contributed by atoms with Gasteiger partial charge in [-0.15, -0.1) is 0 Å². The quantitative estimate of drug-likeness (QED) is 0.842. The highest BCUT2D eigenvalue weighted by Gasteiger charge is 2.30. The molecule has 0 bridgehead atoms. The fourth-order valence-electron chi connectivity index (χ4n) is 1.43. The van der Waals surface area contributed by atoms with Crippen LogP contribution in [-0.4, -0.2) is 18.5 Å². The van der Waals surface area contributed by atoms with Gasteiger partial charge in [0.15, 0.2) is 0 Å². The number of carbonyl (C=O) groups excluding carboxylic acids is 2. The first-order valence-corrected chi connectivity index (χ1v) is 5.91. The van der Waals surface area contributed by atoms with Gasteiger partial charge in [-0.1, -0.05) is 0 Å². The second-order valence-corrected chi connectivity index (χ2v) is 4.16. The fourth-order valence-corrected chi connectivity index (χ4v) is 1.43. The number of aldehydes is 1. The number of benzene rings is 1. The summed E-state index contributed by atoms with van der Waals surface area (Å²) in [7, 11) is 0. The van der Waals surface area contributed by atoms with E-state index in [1.807, 2.05) is 0 Å². The molecule has 1 unspecified atom stereocenters. The van der Waals surface area contributed by atoms with Gasteiger partial charge in [0.25, 0.3) is 0 Å². The van der Waals surface area contributed by atoms with Crippen LogP contribution in [0, 0.1) is 0 Å². The molecule has 0 fully saturated rings. The van der Waals surface area contributed by atoms with Crippen molar-refractivity contribution in [1.29, 1.82) is 0 Å². The SMILES string of the molecule is CC(CCC=O)OC(=O)Nc1ccc(C(F)(F)F)cc1. The Kier molecular flexibility index (Phi) is 5.54. The number of amides is 1. The molecular formula is C13H14F3NO3. The highest BCUT2D eigenvalue weighted by atomic mass is 19.4. The van der Waals surface area contributed by atoms with Crippen molar-refractivity contribution in [2.75, 3.05) is 5.32 Å². The third-order valence-corrected chi connectivity index (χ3v) is 2.46. The largest absolute Gasteiger partial charge is 0.446 e. The normalized spacial score (nSPS) is 12.6. The minimum Gasteiger partial charge on any atom is -0.446 e. The molecule has 1 aromatic carbocycles. The number of rotatable bonds is 5. The number of halogens is 3. The van der Waals surface area contributed by atoms with Crippen molar-refractivity contribution in [2.45, 2.75) is 32.0 Å². The van der Waals surface area contributed by atoms with Crippen molar-refractivity contribution in [3.63, 3.8) is 0 Å². The van der Waals surface area contributed by atoms with E-state index >= 15 is 0 Å². The lowest BCUT2D eigenvalue weighted by Crippen LogP contribution is -2.20. The molecule has 0 radical (unpaired) electrons. The van der Waals surface area contributed by atoms with E-state index in [1.54, 1.807) is 6.92 Å². The van der Waals surface area contributed by atoms with E-state index in [2.05, 4.69) is 5.32 Å². The van der Waals surface area contributed by atoms with Gasteiger partial charge < -0.3 is 9.53 Å². The third-order valence-electron chi connectivity index (χ3n) is 2.46. The van der Waals surface area contributed by atoms with Crippen LogP contribution < -0.4 is 5.32 Å². The first-order chi connectivity index (χ1) is 9.32. The van der Waals surface area contributed by atoms with Gasteiger partial charge in [-0.25, -0.2) is 4.79 Å². The van der Waals surface area contributed by atoms with Gasteiger partial charge >= 0.3 is 12.3 Å². The Balaban J connectivity index is 2.52. The Bertz CT molecular complexity index is 457. The number of hydrogen-bond acceptors (Lipinski definition) is 3. The van der Waals surface area contributed by atoms with Crippen molar-refractivity contribution in [3.8, 4) is 0 Å². The second kappa shape index (κ2) is 6.93. The van der Waals surface area contributed by atoms with E-state index < -0.39 is 23.9 Å². The molecule has 0 spiro atoms. The van der Waals surface area contributed by atoms with Crippen molar-refractivity contribution in [3.05, 3.63) is 29.8 Å². The average molecular weight is 289 g/mol. The zero-order valence-corrected chi connectivity index (χ0v) is 10.7. The molecule has 0 aliphatic carbocycles. The second-order valence-electron chi connectivity index (χ2n) is 4.16. The molecule has 0 aliphatic heterocycles.